The van der Waals surface area contributed by atoms with Gasteiger partial charge in [-0.1, -0.05) is 103 Å². The van der Waals surface area contributed by atoms with Crippen molar-refractivity contribution in [3.05, 3.63) is 101 Å². The number of ketones is 1. The molecular formula is C48H60IrNO2S-. The third-order valence-corrected chi connectivity index (χ3v) is 12.7. The van der Waals surface area contributed by atoms with Crippen LogP contribution in [0, 0.1) is 30.2 Å². The van der Waals surface area contributed by atoms with E-state index in [1.165, 1.54) is 74.4 Å². The number of aryl methyl sites for hydroxylation is 1. The number of hydrogen-bond donors (Lipinski definition) is 1. The second kappa shape index (κ2) is 19.0. The predicted octanol–water partition coefficient (Wildman–Crippen LogP) is 14.6. The minimum atomic E-state index is 0. The number of hydrogen-bond acceptors (Lipinski definition) is 4. The van der Waals surface area contributed by atoms with Crippen molar-refractivity contribution in [2.45, 2.75) is 126 Å². The van der Waals surface area contributed by atoms with E-state index in [1.807, 2.05) is 45.2 Å². The molecule has 1 aliphatic rings. The summed E-state index contributed by atoms with van der Waals surface area (Å²) in [6, 6.07) is 26.3. The van der Waals surface area contributed by atoms with Gasteiger partial charge in [0.05, 0.1) is 5.76 Å². The fraction of sp³-hybridized carbons (Fsp3) is 0.458. The van der Waals surface area contributed by atoms with Gasteiger partial charge < -0.3 is 5.11 Å². The van der Waals surface area contributed by atoms with Gasteiger partial charge in [-0.15, -0.1) is 40.5 Å². The monoisotopic (exact) mass is 907 g/mol. The molecule has 2 aromatic heterocycles. The first kappa shape index (κ1) is 42.6. The van der Waals surface area contributed by atoms with Crippen LogP contribution in [-0.2, 0) is 24.9 Å². The number of carbonyl (C=O) groups is 1. The Morgan fingerprint density at radius 3 is 2.23 bits per heavy atom. The van der Waals surface area contributed by atoms with Crippen molar-refractivity contribution in [2.24, 2.45) is 17.3 Å². The number of nitrogens with zero attached hydrogens (tertiary/aromatic N) is 1. The molecule has 3 nitrogen and oxygen atoms in total. The average Bonchev–Trinajstić information content (AvgIpc) is 3.57. The molecule has 5 heteroatoms. The number of pyridine rings is 1. The fourth-order valence-electron chi connectivity index (χ4n) is 7.88. The largest absolute Gasteiger partial charge is 0.512 e. The van der Waals surface area contributed by atoms with E-state index in [-0.39, 0.29) is 43.5 Å². The number of rotatable bonds is 11. The van der Waals surface area contributed by atoms with Gasteiger partial charge in [-0.25, -0.2) is 0 Å². The summed E-state index contributed by atoms with van der Waals surface area (Å²) in [7, 11) is 0. The molecule has 0 aliphatic heterocycles. The number of benzene rings is 3. The summed E-state index contributed by atoms with van der Waals surface area (Å²) in [5.41, 5.74) is 8.24. The van der Waals surface area contributed by atoms with E-state index in [2.05, 4.69) is 101 Å². The smallest absolute Gasteiger partial charge is 0.162 e. The fourth-order valence-corrected chi connectivity index (χ4v) is 9.13. The van der Waals surface area contributed by atoms with Crippen LogP contribution in [0.1, 0.15) is 135 Å². The Kier molecular flexibility index (Phi) is 15.3. The van der Waals surface area contributed by atoms with Gasteiger partial charge in [-0.05, 0) is 110 Å². The van der Waals surface area contributed by atoms with E-state index in [9.17, 15) is 9.90 Å². The van der Waals surface area contributed by atoms with Gasteiger partial charge >= 0.3 is 0 Å². The Balaban J connectivity index is 0.000000335. The quantitative estimate of drug-likeness (QED) is 0.0816. The number of allylic oxidation sites excluding steroid dienone is 2. The predicted molar refractivity (Wildman–Crippen MR) is 225 cm³/mol. The van der Waals surface area contributed by atoms with Crippen LogP contribution in [-0.4, -0.2) is 15.9 Å². The summed E-state index contributed by atoms with van der Waals surface area (Å²) < 4.78 is 1.25. The second-order valence-electron chi connectivity index (χ2n) is 16.0. The number of aliphatic hydroxyl groups excluding tert-OH is 1. The van der Waals surface area contributed by atoms with Crippen LogP contribution in [0.5, 0.6) is 0 Å². The first-order valence-electron chi connectivity index (χ1n) is 19.8. The number of fused-ring (bicyclic) bond motifs is 2. The van der Waals surface area contributed by atoms with Gasteiger partial charge in [0.2, 0.25) is 0 Å². The van der Waals surface area contributed by atoms with E-state index in [0.29, 0.717) is 17.3 Å². The van der Waals surface area contributed by atoms with E-state index < -0.39 is 0 Å². The molecule has 0 atom stereocenters. The van der Waals surface area contributed by atoms with Crippen LogP contribution in [0.2, 0.25) is 0 Å². The molecule has 0 unspecified atom stereocenters. The van der Waals surface area contributed by atoms with Crippen LogP contribution >= 0.6 is 11.3 Å². The molecule has 53 heavy (non-hydrogen) atoms. The molecule has 0 amide bonds. The van der Waals surface area contributed by atoms with Gasteiger partial charge in [-0.3, -0.25) is 9.78 Å². The topological polar surface area (TPSA) is 50.2 Å². The molecule has 1 saturated carbocycles. The maximum atomic E-state index is 11.7. The summed E-state index contributed by atoms with van der Waals surface area (Å²) in [4.78, 5) is 17.9. The molecule has 1 radical (unpaired) electrons. The minimum Gasteiger partial charge on any atom is -0.512 e. The van der Waals surface area contributed by atoms with Crippen molar-refractivity contribution in [3.63, 3.8) is 0 Å². The summed E-state index contributed by atoms with van der Waals surface area (Å²) in [6.07, 6.45) is 12.1. The van der Waals surface area contributed by atoms with Gasteiger partial charge in [0, 0.05) is 59.5 Å². The standard InChI is InChI=1S/C35H36NS.C13H24O2.Ir/c1-22(2)31-20-28(19-26-8-6-7-9-30(26)31)33-34-27(14-17-36-33)21-32(37-34)29-11-10-25(18-23(29)3)24-12-15-35(4,5)16-13-24;1-5-10(6-2)12(14)9-13(15)11(7-3)8-4;/h6-11,14,17-18,20-22,24H,12-13,15-16H2,1-5H3;9-11,14H,5-8H2,1-4H3;/q-1;;/b;12-9-;. The maximum absolute atomic E-state index is 11.7. The molecule has 6 rings (SSSR count). The Morgan fingerprint density at radius 1 is 0.943 bits per heavy atom. The molecule has 1 aliphatic carbocycles. The van der Waals surface area contributed by atoms with Crippen LogP contribution in [0.4, 0.5) is 0 Å². The van der Waals surface area contributed by atoms with Crippen molar-refractivity contribution in [2.75, 3.05) is 0 Å². The maximum Gasteiger partial charge on any atom is 0.162 e. The molecule has 0 saturated heterocycles. The van der Waals surface area contributed by atoms with Crippen molar-refractivity contribution < 1.29 is 30.0 Å². The van der Waals surface area contributed by atoms with E-state index in [0.717, 1.165) is 42.3 Å². The van der Waals surface area contributed by atoms with Crippen LogP contribution in [0.3, 0.4) is 0 Å². The molecule has 3 aromatic carbocycles. The summed E-state index contributed by atoms with van der Waals surface area (Å²) >= 11 is 1.86. The van der Waals surface area contributed by atoms with Crippen molar-refractivity contribution in [1.82, 2.24) is 4.98 Å². The number of thiophene rings is 1. The van der Waals surface area contributed by atoms with Crippen LogP contribution < -0.4 is 0 Å². The summed E-state index contributed by atoms with van der Waals surface area (Å²) in [5.74, 6) is 1.69. The van der Waals surface area contributed by atoms with Gasteiger partial charge in [0.25, 0.3) is 0 Å². The Morgan fingerprint density at radius 2 is 1.60 bits per heavy atom. The Hall–Kier alpha value is -3.11. The van der Waals surface area contributed by atoms with Crippen molar-refractivity contribution in [1.29, 1.82) is 0 Å². The Bertz CT molecular complexity index is 2000. The van der Waals surface area contributed by atoms with Crippen molar-refractivity contribution >= 4 is 38.0 Å². The van der Waals surface area contributed by atoms with E-state index >= 15 is 0 Å². The van der Waals surface area contributed by atoms with Gasteiger partial charge in [-0.2, -0.15) is 0 Å². The first-order valence-corrected chi connectivity index (χ1v) is 20.6. The third kappa shape index (κ3) is 10.2. The second-order valence-corrected chi connectivity index (χ2v) is 17.1. The number of aromatic nitrogens is 1. The number of carbonyl (C=O) groups excluding carboxylic acids is 1. The molecular weight excluding hydrogens is 847 g/mol. The zero-order valence-corrected chi connectivity index (χ0v) is 36.7. The SMILES string of the molecule is CCC(CC)C(=O)/C=C(\O)C(CC)CC.Cc1cc(C2CCC(C)(C)CC2)ccc1-c1cc2ccnc(-c3[c-]c4ccccc4c(C(C)C)c3)c2s1.[Ir]. The third-order valence-electron chi connectivity index (χ3n) is 11.5. The van der Waals surface area contributed by atoms with E-state index in [1.54, 1.807) is 0 Å². The van der Waals surface area contributed by atoms with Crippen LogP contribution in [0.25, 0.3) is 42.6 Å². The molecule has 1 fully saturated rings. The number of aliphatic hydroxyl groups is 1. The summed E-state index contributed by atoms with van der Waals surface area (Å²) in [5, 5.41) is 13.5. The zero-order valence-electron chi connectivity index (χ0n) is 33.4. The molecule has 285 valence electrons. The van der Waals surface area contributed by atoms with Crippen molar-refractivity contribution in [3.8, 4) is 21.7 Å². The van der Waals surface area contributed by atoms with Gasteiger partial charge in [0.1, 0.15) is 0 Å². The zero-order chi connectivity index (χ0) is 37.6. The average molecular weight is 907 g/mol. The Labute approximate surface area is 337 Å². The summed E-state index contributed by atoms with van der Waals surface area (Å²) in [6.45, 7) is 19.7. The van der Waals surface area contributed by atoms with E-state index in [4.69, 9.17) is 4.98 Å². The molecule has 0 spiro atoms. The molecule has 1 N–H and O–H groups in total. The first-order chi connectivity index (χ1) is 24.9. The molecule has 0 bridgehead atoms. The van der Waals surface area contributed by atoms with Crippen LogP contribution in [0.15, 0.2) is 78.7 Å². The minimum absolute atomic E-state index is 0. The normalized spacial score (nSPS) is 14.8. The molecule has 2 heterocycles. The van der Waals surface area contributed by atoms with Gasteiger partial charge in [0.15, 0.2) is 5.78 Å². The molecule has 5 aromatic rings.